The molecule has 0 fully saturated rings. The molecule has 0 aliphatic heterocycles. The highest BCUT2D eigenvalue weighted by atomic mass is 32.2. The highest BCUT2D eigenvalue weighted by molar-refractivity contribution is 7.89. The van der Waals surface area contributed by atoms with Crippen molar-refractivity contribution in [2.24, 2.45) is 0 Å². The molecule has 34 heavy (non-hydrogen) atoms. The van der Waals surface area contributed by atoms with E-state index in [2.05, 4.69) is 10.0 Å². The van der Waals surface area contributed by atoms with Crippen LogP contribution >= 0.6 is 0 Å². The van der Waals surface area contributed by atoms with E-state index in [9.17, 15) is 13.2 Å². The molecule has 0 atom stereocenters. The number of carbonyl (C=O) groups excluding carboxylic acids is 1. The van der Waals surface area contributed by atoms with Gasteiger partial charge in [0.05, 0.1) is 17.1 Å². The van der Waals surface area contributed by atoms with E-state index in [0.29, 0.717) is 17.8 Å². The first-order valence-electron chi connectivity index (χ1n) is 10.9. The summed E-state index contributed by atoms with van der Waals surface area (Å²) in [5, 5.41) is 7.38. The average Bonchev–Trinajstić information content (AvgIpc) is 3.22. The maximum Gasteiger partial charge on any atom is 0.241 e. The highest BCUT2D eigenvalue weighted by Gasteiger charge is 2.20. The van der Waals surface area contributed by atoms with E-state index in [-0.39, 0.29) is 17.3 Å². The first kappa shape index (κ1) is 23.4. The summed E-state index contributed by atoms with van der Waals surface area (Å²) in [6, 6.07) is 24.5. The molecule has 0 aliphatic rings. The number of sulfonamides is 1. The zero-order valence-electron chi connectivity index (χ0n) is 19.0. The van der Waals surface area contributed by atoms with Gasteiger partial charge in [0, 0.05) is 36.5 Å². The van der Waals surface area contributed by atoms with Crippen molar-refractivity contribution in [2.75, 3.05) is 5.32 Å². The van der Waals surface area contributed by atoms with Gasteiger partial charge in [-0.1, -0.05) is 66.7 Å². The summed E-state index contributed by atoms with van der Waals surface area (Å²) in [5.74, 6) is -0.265. The number of rotatable bonds is 8. The van der Waals surface area contributed by atoms with Crippen LogP contribution in [0.5, 0.6) is 0 Å². The maximum atomic E-state index is 13.2. The largest absolute Gasteiger partial charge is 0.326 e. The third-order valence-corrected chi connectivity index (χ3v) is 6.87. The molecule has 1 aromatic heterocycles. The predicted octanol–water partition coefficient (Wildman–Crippen LogP) is 4.34. The van der Waals surface area contributed by atoms with E-state index >= 15 is 0 Å². The SMILES string of the molecule is CC(=O)Nc1ccc(C)c(S(=O)(=O)NCc2cn(Cc3ccccc3)nc2-c2ccccc2)c1. The standard InChI is InChI=1S/C26H26N4O3S/c1-19-13-14-24(28-20(2)31)15-25(19)34(32,33)27-16-23-18-30(17-21-9-5-3-6-10-21)29-26(23)22-11-7-4-8-12-22/h3-15,18,27H,16-17H2,1-2H3,(H,28,31). The molecule has 7 nitrogen and oxygen atoms in total. The van der Waals surface area contributed by atoms with Crippen LogP contribution < -0.4 is 10.0 Å². The second-order valence-electron chi connectivity index (χ2n) is 8.04. The van der Waals surface area contributed by atoms with Crippen LogP contribution in [0.15, 0.2) is 90.0 Å². The van der Waals surface area contributed by atoms with Crippen molar-refractivity contribution in [2.45, 2.75) is 31.8 Å². The van der Waals surface area contributed by atoms with Gasteiger partial charge in [-0.3, -0.25) is 9.48 Å². The van der Waals surface area contributed by atoms with Crippen molar-refractivity contribution in [3.63, 3.8) is 0 Å². The van der Waals surface area contributed by atoms with Crippen LogP contribution in [-0.2, 0) is 27.9 Å². The molecule has 0 saturated carbocycles. The Kier molecular flexibility index (Phi) is 6.90. The summed E-state index contributed by atoms with van der Waals surface area (Å²) in [6.07, 6.45) is 1.87. The summed E-state index contributed by atoms with van der Waals surface area (Å²) in [7, 11) is -3.83. The quantitative estimate of drug-likeness (QED) is 0.397. The Morgan fingerprint density at radius 3 is 2.32 bits per heavy atom. The molecule has 3 aromatic carbocycles. The zero-order chi connectivity index (χ0) is 24.1. The molecule has 0 aliphatic carbocycles. The highest BCUT2D eigenvalue weighted by Crippen LogP contribution is 2.24. The Morgan fingerprint density at radius 2 is 1.65 bits per heavy atom. The van der Waals surface area contributed by atoms with E-state index in [1.54, 1.807) is 19.1 Å². The predicted molar refractivity (Wildman–Crippen MR) is 133 cm³/mol. The van der Waals surface area contributed by atoms with E-state index in [0.717, 1.165) is 22.4 Å². The monoisotopic (exact) mass is 474 g/mol. The molecule has 0 unspecified atom stereocenters. The van der Waals surface area contributed by atoms with Crippen molar-refractivity contribution in [1.82, 2.24) is 14.5 Å². The number of nitrogens with one attached hydrogen (secondary N) is 2. The Labute approximate surface area is 199 Å². The number of aryl methyl sites for hydroxylation is 1. The number of anilines is 1. The van der Waals surface area contributed by atoms with E-state index in [4.69, 9.17) is 5.10 Å². The van der Waals surface area contributed by atoms with Crippen LogP contribution in [0.2, 0.25) is 0 Å². The van der Waals surface area contributed by atoms with Gasteiger partial charge in [0.25, 0.3) is 0 Å². The van der Waals surface area contributed by atoms with Gasteiger partial charge in [-0.2, -0.15) is 5.10 Å². The van der Waals surface area contributed by atoms with Gasteiger partial charge >= 0.3 is 0 Å². The Morgan fingerprint density at radius 1 is 0.971 bits per heavy atom. The first-order chi connectivity index (χ1) is 16.3. The molecule has 4 rings (SSSR count). The summed E-state index contributed by atoms with van der Waals surface area (Å²) in [5.41, 5.74) is 4.52. The van der Waals surface area contributed by atoms with Crippen LogP contribution in [0.4, 0.5) is 5.69 Å². The van der Waals surface area contributed by atoms with Gasteiger partial charge in [0.15, 0.2) is 0 Å². The fourth-order valence-corrected chi connectivity index (χ4v) is 4.98. The van der Waals surface area contributed by atoms with Crippen molar-refractivity contribution in [1.29, 1.82) is 0 Å². The minimum absolute atomic E-state index is 0.0746. The van der Waals surface area contributed by atoms with E-state index in [1.807, 2.05) is 71.5 Å². The van der Waals surface area contributed by atoms with Crippen LogP contribution in [0.25, 0.3) is 11.3 Å². The van der Waals surface area contributed by atoms with Gasteiger partial charge in [-0.05, 0) is 30.2 Å². The smallest absolute Gasteiger partial charge is 0.241 e. The van der Waals surface area contributed by atoms with Crippen molar-refractivity contribution >= 4 is 21.6 Å². The molecule has 0 bridgehead atoms. The summed E-state index contributed by atoms with van der Waals surface area (Å²) in [6.45, 7) is 3.75. The Bertz CT molecular complexity index is 1400. The number of amides is 1. The maximum absolute atomic E-state index is 13.2. The number of nitrogens with zero attached hydrogens (tertiary/aromatic N) is 2. The second-order valence-corrected chi connectivity index (χ2v) is 9.77. The number of carbonyl (C=O) groups is 1. The third kappa shape index (κ3) is 5.59. The molecule has 1 amide bonds. The molecule has 1 heterocycles. The lowest BCUT2D eigenvalue weighted by Crippen LogP contribution is -2.24. The van der Waals surface area contributed by atoms with Crippen LogP contribution in [-0.4, -0.2) is 24.1 Å². The third-order valence-electron chi connectivity index (χ3n) is 5.32. The van der Waals surface area contributed by atoms with Crippen molar-refractivity contribution in [3.8, 4) is 11.3 Å². The zero-order valence-corrected chi connectivity index (χ0v) is 19.8. The molecule has 4 aromatic rings. The van der Waals surface area contributed by atoms with Gasteiger partial charge in [-0.25, -0.2) is 13.1 Å². The number of aromatic nitrogens is 2. The van der Waals surface area contributed by atoms with E-state index < -0.39 is 10.0 Å². The first-order valence-corrected chi connectivity index (χ1v) is 12.3. The molecular weight excluding hydrogens is 448 g/mol. The van der Waals surface area contributed by atoms with Crippen LogP contribution in [0.1, 0.15) is 23.6 Å². The summed E-state index contributed by atoms with van der Waals surface area (Å²) in [4.78, 5) is 11.5. The molecule has 0 radical (unpaired) electrons. The van der Waals surface area contributed by atoms with Crippen molar-refractivity contribution in [3.05, 3.63) is 102 Å². The molecular formula is C26H26N4O3S. The van der Waals surface area contributed by atoms with Crippen LogP contribution in [0, 0.1) is 6.92 Å². The molecule has 0 spiro atoms. The fraction of sp³-hybridized carbons (Fsp3) is 0.154. The Hall–Kier alpha value is -3.75. The van der Waals surface area contributed by atoms with E-state index in [1.165, 1.54) is 13.0 Å². The van der Waals surface area contributed by atoms with Crippen molar-refractivity contribution < 1.29 is 13.2 Å². The molecule has 0 saturated heterocycles. The minimum Gasteiger partial charge on any atom is -0.326 e. The van der Waals surface area contributed by atoms with Gasteiger partial charge in [-0.15, -0.1) is 0 Å². The topological polar surface area (TPSA) is 93.1 Å². The molecule has 2 N–H and O–H groups in total. The number of hydrogen-bond donors (Lipinski definition) is 2. The lowest BCUT2D eigenvalue weighted by Gasteiger charge is -2.11. The summed E-state index contributed by atoms with van der Waals surface area (Å²) >= 11 is 0. The molecule has 8 heteroatoms. The van der Waals surface area contributed by atoms with Gasteiger partial charge in [0.2, 0.25) is 15.9 Å². The lowest BCUT2D eigenvalue weighted by atomic mass is 10.1. The molecule has 174 valence electrons. The Balaban J connectivity index is 1.62. The minimum atomic E-state index is -3.83. The average molecular weight is 475 g/mol. The number of hydrogen-bond acceptors (Lipinski definition) is 4. The second kappa shape index (κ2) is 10.0. The normalized spacial score (nSPS) is 11.4. The summed E-state index contributed by atoms with van der Waals surface area (Å²) < 4.78 is 30.8. The van der Waals surface area contributed by atoms with Crippen LogP contribution in [0.3, 0.4) is 0 Å². The lowest BCUT2D eigenvalue weighted by molar-refractivity contribution is -0.114. The van der Waals surface area contributed by atoms with Gasteiger partial charge in [0.1, 0.15) is 0 Å². The number of benzene rings is 3. The fourth-order valence-electron chi connectivity index (χ4n) is 3.70. The van der Waals surface area contributed by atoms with Gasteiger partial charge < -0.3 is 5.32 Å².